The third-order valence-electron chi connectivity index (χ3n) is 6.31. The van der Waals surface area contributed by atoms with Crippen LogP contribution in [0.3, 0.4) is 0 Å². The van der Waals surface area contributed by atoms with Crippen molar-refractivity contribution in [3.05, 3.63) is 130 Å². The average Bonchev–Trinajstić information content (AvgIpc) is 3.05. The molecule has 4 aromatic carbocycles. The summed E-state index contributed by atoms with van der Waals surface area (Å²) in [5.41, 5.74) is 2.77. The molecule has 0 bridgehead atoms. The quantitative estimate of drug-likeness (QED) is 0.0580. The van der Waals surface area contributed by atoms with Crippen LogP contribution in [0.4, 0.5) is 11.4 Å². The lowest BCUT2D eigenvalue weighted by atomic mass is 10.1. The molecule has 0 fully saturated rings. The molecule has 0 spiro atoms. The van der Waals surface area contributed by atoms with E-state index in [0.717, 1.165) is 27.8 Å². The minimum atomic E-state index is -0.487. The van der Waals surface area contributed by atoms with E-state index in [9.17, 15) is 19.2 Å². The van der Waals surface area contributed by atoms with Crippen LogP contribution in [-0.4, -0.2) is 36.1 Å². The largest absolute Gasteiger partial charge is 0.462 e. The van der Waals surface area contributed by atoms with Crippen molar-refractivity contribution in [1.29, 1.82) is 0 Å². The summed E-state index contributed by atoms with van der Waals surface area (Å²) in [7, 11) is 0. The Balaban J connectivity index is 1.32. The van der Waals surface area contributed by atoms with Gasteiger partial charge in [-0.15, -0.1) is 11.8 Å². The minimum Gasteiger partial charge on any atom is -0.462 e. The van der Waals surface area contributed by atoms with Crippen LogP contribution in [0.15, 0.2) is 118 Å². The predicted molar refractivity (Wildman–Crippen MR) is 182 cm³/mol. The number of amides is 3. The molecule has 0 unspecified atom stereocenters. The highest BCUT2D eigenvalue weighted by molar-refractivity contribution is 9.10. The van der Waals surface area contributed by atoms with E-state index in [1.54, 1.807) is 78.9 Å². The van der Waals surface area contributed by atoms with Gasteiger partial charge in [-0.25, -0.2) is 4.79 Å². The van der Waals surface area contributed by atoms with Gasteiger partial charge < -0.3 is 20.7 Å². The first-order valence-electron chi connectivity index (χ1n) is 14.3. The molecule has 4 aromatic rings. The fraction of sp³-hybridized carbons (Fsp3) is 0.143. The summed E-state index contributed by atoms with van der Waals surface area (Å²) in [6.07, 6.45) is 3.37. The van der Waals surface area contributed by atoms with Crippen LogP contribution >= 0.6 is 27.7 Å². The molecule has 0 saturated carbocycles. The summed E-state index contributed by atoms with van der Waals surface area (Å²) in [5, 5.41) is 8.38. The number of esters is 1. The lowest BCUT2D eigenvalue weighted by molar-refractivity contribution is -0.114. The number of rotatable bonds is 13. The molecule has 0 saturated heterocycles. The molecule has 0 aliphatic heterocycles. The van der Waals surface area contributed by atoms with E-state index in [1.165, 1.54) is 11.8 Å². The fourth-order valence-corrected chi connectivity index (χ4v) is 5.08. The molecule has 3 N–H and O–H groups in total. The standard InChI is InChI=1S/C35H32BrN3O5S/c1-2-3-20-44-35(43)26-12-14-28(15-13-26)37-32(40)23-45-30-18-16-29(17-19-30)38-34(42)31(22-24-8-7-11-27(36)21-24)39-33(41)25-9-5-4-6-10-25/h4-19,21-22H,2-3,20,23H2,1H3,(H,37,40)(H,38,42)(H,39,41)/b31-22-. The monoisotopic (exact) mass is 685 g/mol. The first-order valence-corrected chi connectivity index (χ1v) is 16.0. The Morgan fingerprint density at radius 1 is 0.800 bits per heavy atom. The number of carbonyl (C=O) groups is 4. The number of carbonyl (C=O) groups excluding carboxylic acids is 4. The molecule has 4 rings (SSSR count). The highest BCUT2D eigenvalue weighted by Gasteiger charge is 2.15. The van der Waals surface area contributed by atoms with E-state index in [4.69, 9.17) is 4.74 Å². The summed E-state index contributed by atoms with van der Waals surface area (Å²) in [4.78, 5) is 51.5. The SMILES string of the molecule is CCCCOC(=O)c1ccc(NC(=O)CSc2ccc(NC(=O)/C(=C/c3cccc(Br)c3)NC(=O)c3ccccc3)cc2)cc1. The lowest BCUT2D eigenvalue weighted by Gasteiger charge is -2.12. The van der Waals surface area contributed by atoms with Gasteiger partial charge in [0.25, 0.3) is 11.8 Å². The molecule has 0 atom stereocenters. The third-order valence-corrected chi connectivity index (χ3v) is 7.81. The van der Waals surface area contributed by atoms with Crippen molar-refractivity contribution in [2.75, 3.05) is 23.0 Å². The zero-order valence-electron chi connectivity index (χ0n) is 24.5. The predicted octanol–water partition coefficient (Wildman–Crippen LogP) is 7.55. The van der Waals surface area contributed by atoms with Crippen molar-refractivity contribution in [1.82, 2.24) is 5.32 Å². The number of benzene rings is 4. The number of unbranched alkanes of at least 4 members (excludes halogenated alkanes) is 1. The summed E-state index contributed by atoms with van der Waals surface area (Å²) in [5.74, 6) is -1.31. The van der Waals surface area contributed by atoms with Gasteiger partial charge in [0, 0.05) is 26.3 Å². The van der Waals surface area contributed by atoms with Gasteiger partial charge in [-0.1, -0.05) is 59.6 Å². The van der Waals surface area contributed by atoms with Crippen LogP contribution in [0.1, 0.15) is 46.0 Å². The second kappa shape index (κ2) is 17.0. The molecule has 0 aliphatic rings. The number of thioether (sulfide) groups is 1. The Morgan fingerprint density at radius 2 is 1.49 bits per heavy atom. The van der Waals surface area contributed by atoms with Gasteiger partial charge >= 0.3 is 5.97 Å². The Morgan fingerprint density at radius 3 is 2.18 bits per heavy atom. The molecule has 8 nitrogen and oxygen atoms in total. The Hall–Kier alpha value is -4.67. The fourth-order valence-electron chi connectivity index (χ4n) is 3.97. The summed E-state index contributed by atoms with van der Waals surface area (Å²) in [6.45, 7) is 2.41. The second-order valence-electron chi connectivity index (χ2n) is 9.82. The number of anilines is 2. The molecule has 0 radical (unpaired) electrons. The topological polar surface area (TPSA) is 114 Å². The van der Waals surface area contributed by atoms with Crippen molar-refractivity contribution in [2.24, 2.45) is 0 Å². The zero-order chi connectivity index (χ0) is 32.0. The van der Waals surface area contributed by atoms with Crippen molar-refractivity contribution in [3.63, 3.8) is 0 Å². The van der Waals surface area contributed by atoms with E-state index >= 15 is 0 Å². The maximum Gasteiger partial charge on any atom is 0.338 e. The van der Waals surface area contributed by atoms with Crippen molar-refractivity contribution >= 4 is 68.8 Å². The van der Waals surface area contributed by atoms with Crippen molar-refractivity contribution in [3.8, 4) is 0 Å². The van der Waals surface area contributed by atoms with Crippen molar-refractivity contribution in [2.45, 2.75) is 24.7 Å². The molecule has 0 aliphatic carbocycles. The van der Waals surface area contributed by atoms with Gasteiger partial charge in [0.15, 0.2) is 0 Å². The molecular formula is C35H32BrN3O5S. The summed E-state index contributed by atoms with van der Waals surface area (Å²) in [6, 6.07) is 29.7. The van der Waals surface area contributed by atoms with Crippen LogP contribution in [0, 0.1) is 0 Å². The van der Waals surface area contributed by atoms with Gasteiger partial charge in [-0.05, 0) is 90.9 Å². The van der Waals surface area contributed by atoms with E-state index in [0.29, 0.717) is 29.1 Å². The Labute approximate surface area is 274 Å². The zero-order valence-corrected chi connectivity index (χ0v) is 27.0. The minimum absolute atomic E-state index is 0.0819. The van der Waals surface area contributed by atoms with Crippen LogP contribution in [0.5, 0.6) is 0 Å². The first kappa shape index (κ1) is 33.2. The molecule has 10 heteroatoms. The third kappa shape index (κ3) is 10.8. The first-order chi connectivity index (χ1) is 21.8. The van der Waals surface area contributed by atoms with Gasteiger partial charge in [0.05, 0.1) is 17.9 Å². The van der Waals surface area contributed by atoms with Gasteiger partial charge in [-0.2, -0.15) is 0 Å². The van der Waals surface area contributed by atoms with Crippen LogP contribution in [0.25, 0.3) is 6.08 Å². The Kier molecular flexibility index (Phi) is 12.5. The van der Waals surface area contributed by atoms with Gasteiger partial charge in [0.1, 0.15) is 5.70 Å². The number of hydrogen-bond donors (Lipinski definition) is 3. The second-order valence-corrected chi connectivity index (χ2v) is 11.8. The van der Waals surface area contributed by atoms with E-state index < -0.39 is 11.8 Å². The van der Waals surface area contributed by atoms with E-state index in [-0.39, 0.29) is 23.3 Å². The maximum absolute atomic E-state index is 13.3. The number of hydrogen-bond acceptors (Lipinski definition) is 6. The van der Waals surface area contributed by atoms with Gasteiger partial charge in [-0.3, -0.25) is 14.4 Å². The van der Waals surface area contributed by atoms with Crippen LogP contribution in [0.2, 0.25) is 0 Å². The Bertz CT molecular complexity index is 1660. The van der Waals surface area contributed by atoms with Gasteiger partial charge in [0.2, 0.25) is 5.91 Å². The van der Waals surface area contributed by atoms with E-state index in [2.05, 4.69) is 31.9 Å². The maximum atomic E-state index is 13.3. The number of ether oxygens (including phenoxy) is 1. The smallest absolute Gasteiger partial charge is 0.338 e. The lowest BCUT2D eigenvalue weighted by Crippen LogP contribution is -2.30. The number of halogens is 1. The molecule has 0 heterocycles. The van der Waals surface area contributed by atoms with Crippen molar-refractivity contribution < 1.29 is 23.9 Å². The van der Waals surface area contributed by atoms with Crippen LogP contribution in [-0.2, 0) is 14.3 Å². The highest BCUT2D eigenvalue weighted by atomic mass is 79.9. The van der Waals surface area contributed by atoms with E-state index in [1.807, 2.05) is 37.3 Å². The molecule has 3 amide bonds. The molecule has 0 aromatic heterocycles. The normalized spacial score (nSPS) is 10.9. The molecule has 230 valence electrons. The number of nitrogens with one attached hydrogen (secondary N) is 3. The average molecular weight is 687 g/mol. The molecular weight excluding hydrogens is 654 g/mol. The van der Waals surface area contributed by atoms with Crippen LogP contribution < -0.4 is 16.0 Å². The summed E-state index contributed by atoms with van der Waals surface area (Å²) >= 11 is 4.77. The summed E-state index contributed by atoms with van der Waals surface area (Å²) < 4.78 is 6.04. The highest BCUT2D eigenvalue weighted by Crippen LogP contribution is 2.22. The molecule has 45 heavy (non-hydrogen) atoms.